The maximum absolute atomic E-state index is 11.3. The molecule has 1 N–H and O–H groups in total. The lowest BCUT2D eigenvalue weighted by Gasteiger charge is -2.33. The summed E-state index contributed by atoms with van der Waals surface area (Å²) in [5.41, 5.74) is 0. The van der Waals surface area contributed by atoms with Crippen LogP contribution < -0.4 is 0 Å². The highest BCUT2D eigenvalue weighted by Crippen LogP contribution is 2.05. The predicted octanol–water partition coefficient (Wildman–Crippen LogP) is 0.215. The molecule has 1 aliphatic rings. The molecule has 1 unspecified atom stereocenters. The Balaban J connectivity index is 2.47. The van der Waals surface area contributed by atoms with E-state index in [2.05, 4.69) is 11.8 Å². The van der Waals surface area contributed by atoms with Crippen molar-refractivity contribution in [3.63, 3.8) is 0 Å². The molecule has 1 fully saturated rings. The lowest BCUT2D eigenvalue weighted by molar-refractivity contribution is 0.200. The zero-order valence-corrected chi connectivity index (χ0v) is 8.56. The van der Waals surface area contributed by atoms with Gasteiger partial charge in [-0.1, -0.05) is 6.92 Å². The monoisotopic (exact) mass is 191 g/mol. The van der Waals surface area contributed by atoms with E-state index >= 15 is 0 Å². The fourth-order valence-corrected chi connectivity index (χ4v) is 2.25. The summed E-state index contributed by atoms with van der Waals surface area (Å²) in [6, 6.07) is 0. The van der Waals surface area contributed by atoms with E-state index in [-0.39, 0.29) is 0 Å². The van der Waals surface area contributed by atoms with E-state index in [4.69, 9.17) is 4.78 Å². The van der Waals surface area contributed by atoms with Crippen LogP contribution in [-0.2, 0) is 9.92 Å². The van der Waals surface area contributed by atoms with E-state index in [9.17, 15) is 4.21 Å². The van der Waals surface area contributed by atoms with E-state index in [1.54, 1.807) is 4.31 Å². The Labute approximate surface area is 74.6 Å². The molecule has 0 aromatic carbocycles. The van der Waals surface area contributed by atoms with Crippen molar-refractivity contribution in [3.8, 4) is 0 Å². The van der Waals surface area contributed by atoms with Crippen LogP contribution in [-0.4, -0.2) is 52.4 Å². The topological polar surface area (TPSA) is 47.4 Å². The van der Waals surface area contributed by atoms with Gasteiger partial charge >= 0.3 is 0 Å². The number of nitrogens with zero attached hydrogens (tertiary/aromatic N) is 2. The van der Waals surface area contributed by atoms with Crippen LogP contribution in [0.3, 0.4) is 0 Å². The van der Waals surface area contributed by atoms with Gasteiger partial charge in [-0.15, -0.1) is 0 Å². The maximum atomic E-state index is 11.3. The Bertz CT molecular complexity index is 229. The van der Waals surface area contributed by atoms with Crippen LogP contribution in [0.5, 0.6) is 0 Å². The average Bonchev–Trinajstić information content (AvgIpc) is 2.03. The first kappa shape index (κ1) is 9.95. The molecule has 0 radical (unpaired) electrons. The van der Waals surface area contributed by atoms with Crippen LogP contribution in [0.2, 0.25) is 0 Å². The molecular weight excluding hydrogens is 174 g/mol. The first-order valence-corrected chi connectivity index (χ1v) is 6.17. The summed E-state index contributed by atoms with van der Waals surface area (Å²) < 4.78 is 20.5. The van der Waals surface area contributed by atoms with Crippen molar-refractivity contribution in [1.29, 1.82) is 4.78 Å². The second-order valence-electron chi connectivity index (χ2n) is 3.17. The van der Waals surface area contributed by atoms with E-state index in [1.807, 2.05) is 0 Å². The molecule has 5 heteroatoms. The Kier molecular flexibility index (Phi) is 3.09. The van der Waals surface area contributed by atoms with Crippen LogP contribution in [0.4, 0.5) is 0 Å². The van der Waals surface area contributed by atoms with Crippen LogP contribution in [0.1, 0.15) is 6.92 Å². The fraction of sp³-hybridized carbons (Fsp3) is 1.00. The molecule has 4 nitrogen and oxygen atoms in total. The van der Waals surface area contributed by atoms with Gasteiger partial charge in [0, 0.05) is 32.4 Å². The number of nitrogens with one attached hydrogen (secondary N) is 1. The third-order valence-corrected chi connectivity index (χ3v) is 3.62. The van der Waals surface area contributed by atoms with Crippen LogP contribution >= 0.6 is 0 Å². The summed E-state index contributed by atoms with van der Waals surface area (Å²) in [6.07, 6.45) is 1.49. The number of hydrogen-bond acceptors (Lipinski definition) is 3. The quantitative estimate of drug-likeness (QED) is 0.678. The molecule has 0 spiro atoms. The third kappa shape index (κ3) is 2.43. The first-order chi connectivity index (χ1) is 5.54. The fourth-order valence-electron chi connectivity index (χ4n) is 1.39. The van der Waals surface area contributed by atoms with Crippen molar-refractivity contribution in [2.75, 3.05) is 39.0 Å². The predicted molar refractivity (Wildman–Crippen MR) is 50.5 cm³/mol. The van der Waals surface area contributed by atoms with Gasteiger partial charge in [-0.05, 0) is 6.54 Å². The first-order valence-electron chi connectivity index (χ1n) is 4.25. The lowest BCUT2D eigenvalue weighted by atomic mass is 10.4. The molecule has 12 heavy (non-hydrogen) atoms. The van der Waals surface area contributed by atoms with E-state index < -0.39 is 9.92 Å². The molecule has 1 heterocycles. The Morgan fingerprint density at radius 1 is 1.33 bits per heavy atom. The van der Waals surface area contributed by atoms with Gasteiger partial charge in [0.25, 0.3) is 0 Å². The minimum absolute atomic E-state index is 0.771. The molecule has 0 aromatic heterocycles. The number of rotatable bonds is 2. The Morgan fingerprint density at radius 2 is 1.83 bits per heavy atom. The van der Waals surface area contributed by atoms with Gasteiger partial charge < -0.3 is 4.90 Å². The minimum Gasteiger partial charge on any atom is -0.301 e. The molecule has 1 rings (SSSR count). The van der Waals surface area contributed by atoms with Gasteiger partial charge in [0.15, 0.2) is 0 Å². The zero-order valence-electron chi connectivity index (χ0n) is 7.75. The van der Waals surface area contributed by atoms with E-state index in [0.717, 1.165) is 32.7 Å². The van der Waals surface area contributed by atoms with Crippen molar-refractivity contribution < 1.29 is 4.21 Å². The van der Waals surface area contributed by atoms with Crippen molar-refractivity contribution in [3.05, 3.63) is 0 Å². The molecule has 1 atom stereocenters. The van der Waals surface area contributed by atoms with Gasteiger partial charge in [-0.2, -0.15) is 0 Å². The highest BCUT2D eigenvalue weighted by atomic mass is 32.2. The molecule has 0 bridgehead atoms. The largest absolute Gasteiger partial charge is 0.301 e. The molecule has 72 valence electrons. The lowest BCUT2D eigenvalue weighted by Crippen LogP contribution is -2.47. The summed E-state index contributed by atoms with van der Waals surface area (Å²) in [5, 5.41) is 0. The van der Waals surface area contributed by atoms with Gasteiger partial charge in [0.05, 0.1) is 0 Å². The number of likely N-dealkylation sites (N-methyl/N-ethyl adjacent to an activating group) is 1. The summed E-state index contributed by atoms with van der Waals surface area (Å²) in [5.74, 6) is 0. The molecule has 0 amide bonds. The summed E-state index contributed by atoms with van der Waals surface area (Å²) in [6.45, 7) is 6.61. The maximum Gasteiger partial charge on any atom is 0.104 e. The highest BCUT2D eigenvalue weighted by Gasteiger charge is 2.19. The normalized spacial score (nSPS) is 26.8. The molecule has 0 aliphatic carbocycles. The molecule has 1 aliphatic heterocycles. The van der Waals surface area contributed by atoms with Crippen molar-refractivity contribution >= 4 is 9.92 Å². The summed E-state index contributed by atoms with van der Waals surface area (Å²) in [4.78, 5) is 2.31. The average molecular weight is 191 g/mol. The molecular formula is C7H17N3OS. The van der Waals surface area contributed by atoms with E-state index in [0.29, 0.717) is 0 Å². The second-order valence-corrected chi connectivity index (χ2v) is 5.29. The van der Waals surface area contributed by atoms with Crippen LogP contribution in [0.25, 0.3) is 0 Å². The van der Waals surface area contributed by atoms with Crippen LogP contribution in [0.15, 0.2) is 0 Å². The van der Waals surface area contributed by atoms with Gasteiger partial charge in [0.1, 0.15) is 9.92 Å². The highest BCUT2D eigenvalue weighted by molar-refractivity contribution is 7.89. The second kappa shape index (κ2) is 3.72. The van der Waals surface area contributed by atoms with Gasteiger partial charge in [-0.25, -0.2) is 13.3 Å². The van der Waals surface area contributed by atoms with Crippen molar-refractivity contribution in [1.82, 2.24) is 9.21 Å². The smallest absolute Gasteiger partial charge is 0.104 e. The van der Waals surface area contributed by atoms with Gasteiger partial charge in [-0.3, -0.25) is 0 Å². The SMILES string of the molecule is CCN1CCN(S(C)(=N)=O)CC1. The Morgan fingerprint density at radius 3 is 2.17 bits per heavy atom. The van der Waals surface area contributed by atoms with Gasteiger partial charge in [0.2, 0.25) is 0 Å². The number of piperazine rings is 1. The minimum atomic E-state index is -2.45. The molecule has 0 aromatic rings. The van der Waals surface area contributed by atoms with Crippen LogP contribution in [0, 0.1) is 4.78 Å². The van der Waals surface area contributed by atoms with Crippen molar-refractivity contribution in [2.45, 2.75) is 6.92 Å². The number of hydrogen-bond donors (Lipinski definition) is 1. The molecule has 1 saturated heterocycles. The third-order valence-electron chi connectivity index (χ3n) is 2.27. The van der Waals surface area contributed by atoms with E-state index in [1.165, 1.54) is 6.26 Å². The summed E-state index contributed by atoms with van der Waals surface area (Å²) in [7, 11) is -2.45. The zero-order chi connectivity index (χ0) is 9.19. The standard InChI is InChI=1S/C7H17N3OS/c1-3-9-4-6-10(7-5-9)12(2,8)11/h8H,3-7H2,1-2H3. The Hall–Kier alpha value is -0.130. The summed E-state index contributed by atoms with van der Waals surface area (Å²) >= 11 is 0. The molecule has 0 saturated carbocycles. The van der Waals surface area contributed by atoms with Crippen molar-refractivity contribution in [2.24, 2.45) is 0 Å².